The van der Waals surface area contributed by atoms with Crippen molar-refractivity contribution >= 4 is 17.3 Å². The van der Waals surface area contributed by atoms with Gasteiger partial charge >= 0.3 is 5.97 Å². The molecule has 7 heteroatoms. The lowest BCUT2D eigenvalue weighted by molar-refractivity contribution is -0.142. The van der Waals surface area contributed by atoms with Gasteiger partial charge in [-0.1, -0.05) is 25.1 Å². The molecule has 3 aromatic rings. The molecule has 2 aromatic carbocycles. The van der Waals surface area contributed by atoms with Crippen LogP contribution in [-0.4, -0.2) is 39.7 Å². The molecule has 1 atom stereocenters. The summed E-state index contributed by atoms with van der Waals surface area (Å²) < 4.78 is 5.74. The number of hydrogen-bond acceptors (Lipinski definition) is 6. The number of rotatable bonds is 8. The normalized spacial score (nSPS) is 16.0. The average molecular weight is 476 g/mol. The molecule has 1 saturated heterocycles. The lowest BCUT2D eigenvalue weighted by Crippen LogP contribution is -2.35. The van der Waals surface area contributed by atoms with E-state index in [4.69, 9.17) is 4.74 Å². The van der Waals surface area contributed by atoms with E-state index in [0.717, 1.165) is 40.4 Å². The van der Waals surface area contributed by atoms with Crippen LogP contribution in [0.2, 0.25) is 0 Å². The van der Waals surface area contributed by atoms with Gasteiger partial charge in [0.25, 0.3) is 0 Å². The fourth-order valence-electron chi connectivity index (χ4n) is 4.58. The van der Waals surface area contributed by atoms with Crippen LogP contribution in [0.15, 0.2) is 42.6 Å². The molecular formula is C27H29N3O3S. The molecule has 1 aromatic heterocycles. The molecule has 1 N–H and O–H groups in total. The number of carboxylic acids is 1. The first-order valence-electron chi connectivity index (χ1n) is 11.7. The van der Waals surface area contributed by atoms with Crippen LogP contribution < -0.4 is 4.74 Å². The smallest absolute Gasteiger partial charge is 0.320 e. The van der Waals surface area contributed by atoms with Crippen LogP contribution in [0.1, 0.15) is 50.3 Å². The third kappa shape index (κ3) is 4.98. The first-order valence-corrected chi connectivity index (χ1v) is 12.5. The van der Waals surface area contributed by atoms with Crippen molar-refractivity contribution in [2.24, 2.45) is 0 Å². The highest BCUT2D eigenvalue weighted by Gasteiger charge is 2.30. The van der Waals surface area contributed by atoms with E-state index in [1.807, 2.05) is 44.3 Å². The van der Waals surface area contributed by atoms with Gasteiger partial charge in [-0.3, -0.25) is 9.69 Å². The predicted molar refractivity (Wildman–Crippen MR) is 134 cm³/mol. The fourth-order valence-corrected chi connectivity index (χ4v) is 5.55. The molecule has 0 bridgehead atoms. The number of aromatic nitrogens is 1. The molecular weight excluding hydrogens is 446 g/mol. The van der Waals surface area contributed by atoms with Crippen molar-refractivity contribution in [3.63, 3.8) is 0 Å². The predicted octanol–water partition coefficient (Wildman–Crippen LogP) is 5.75. The SMILES string of the molecule is CCc1c(CN2CCC[C@H]2C(=O)O)cccc1-c1cnc(-c2ccc(OC(C)C)c(C#N)c2)s1. The number of nitriles is 1. The molecule has 1 aliphatic rings. The van der Waals surface area contributed by atoms with Crippen LogP contribution in [0.4, 0.5) is 0 Å². The average Bonchev–Trinajstić information content (AvgIpc) is 3.49. The molecule has 0 amide bonds. The Balaban J connectivity index is 1.63. The van der Waals surface area contributed by atoms with E-state index in [0.29, 0.717) is 24.3 Å². The standard InChI is InChI=1S/C27H29N3O3S/c1-4-21-19(16-30-12-6-9-23(30)27(31)32)7-5-8-22(21)25-15-29-26(34-25)18-10-11-24(33-17(2)3)20(13-18)14-28/h5,7-8,10-11,13,15,17,23H,4,6,9,12,16H2,1-3H3,(H,31,32)/t23-/m0/s1. The van der Waals surface area contributed by atoms with Crippen molar-refractivity contribution in [3.8, 4) is 32.8 Å². The first-order chi connectivity index (χ1) is 16.4. The Kier molecular flexibility index (Phi) is 7.30. The highest BCUT2D eigenvalue weighted by molar-refractivity contribution is 7.18. The third-order valence-corrected chi connectivity index (χ3v) is 7.21. The Morgan fingerprint density at radius 3 is 2.88 bits per heavy atom. The van der Waals surface area contributed by atoms with Crippen LogP contribution in [0.25, 0.3) is 21.0 Å². The van der Waals surface area contributed by atoms with Crippen molar-refractivity contribution < 1.29 is 14.6 Å². The van der Waals surface area contributed by atoms with E-state index in [9.17, 15) is 15.2 Å². The van der Waals surface area contributed by atoms with Gasteiger partial charge in [0.15, 0.2) is 0 Å². The number of hydrogen-bond donors (Lipinski definition) is 1. The molecule has 1 fully saturated rings. The molecule has 2 heterocycles. The summed E-state index contributed by atoms with van der Waals surface area (Å²) in [4.78, 5) is 19.4. The van der Waals surface area contributed by atoms with Gasteiger partial charge in [0, 0.05) is 18.3 Å². The number of nitrogens with zero attached hydrogens (tertiary/aromatic N) is 3. The van der Waals surface area contributed by atoms with Crippen molar-refractivity contribution in [2.45, 2.75) is 58.7 Å². The molecule has 4 rings (SSSR count). The second-order valence-electron chi connectivity index (χ2n) is 8.78. The molecule has 1 aliphatic heterocycles. The lowest BCUT2D eigenvalue weighted by atomic mass is 9.97. The van der Waals surface area contributed by atoms with E-state index < -0.39 is 12.0 Å². The Bertz CT molecular complexity index is 1230. The zero-order valence-electron chi connectivity index (χ0n) is 19.7. The van der Waals surface area contributed by atoms with Crippen molar-refractivity contribution in [1.29, 1.82) is 5.26 Å². The molecule has 0 aliphatic carbocycles. The van der Waals surface area contributed by atoms with Crippen molar-refractivity contribution in [1.82, 2.24) is 9.88 Å². The molecule has 0 saturated carbocycles. The minimum atomic E-state index is -0.736. The highest BCUT2D eigenvalue weighted by atomic mass is 32.1. The number of carboxylic acid groups (broad SMARTS) is 1. The van der Waals surface area contributed by atoms with E-state index in [1.165, 1.54) is 11.1 Å². The van der Waals surface area contributed by atoms with Crippen LogP contribution >= 0.6 is 11.3 Å². The summed E-state index contributed by atoms with van der Waals surface area (Å²) >= 11 is 1.60. The van der Waals surface area contributed by atoms with Gasteiger partial charge in [-0.25, -0.2) is 4.98 Å². The number of likely N-dealkylation sites (tertiary alicyclic amines) is 1. The van der Waals surface area contributed by atoms with E-state index >= 15 is 0 Å². The zero-order chi connectivity index (χ0) is 24.2. The van der Waals surface area contributed by atoms with Gasteiger partial charge in [0.2, 0.25) is 0 Å². The summed E-state index contributed by atoms with van der Waals surface area (Å²) in [7, 11) is 0. The Hall–Kier alpha value is -3.21. The maximum atomic E-state index is 11.6. The molecule has 34 heavy (non-hydrogen) atoms. The largest absolute Gasteiger partial charge is 0.490 e. The topological polar surface area (TPSA) is 86.5 Å². The number of aliphatic carboxylic acids is 1. The molecule has 6 nitrogen and oxygen atoms in total. The zero-order valence-corrected chi connectivity index (χ0v) is 20.6. The van der Waals surface area contributed by atoms with Gasteiger partial charge in [0.05, 0.1) is 16.5 Å². The first kappa shape index (κ1) is 23.9. The highest BCUT2D eigenvalue weighted by Crippen LogP contribution is 2.37. The second-order valence-corrected chi connectivity index (χ2v) is 9.81. The number of ether oxygens (including phenoxy) is 1. The lowest BCUT2D eigenvalue weighted by Gasteiger charge is -2.23. The number of thiazole rings is 1. The molecule has 0 spiro atoms. The van der Waals surface area contributed by atoms with Gasteiger partial charge in [-0.2, -0.15) is 5.26 Å². The monoisotopic (exact) mass is 475 g/mol. The van der Waals surface area contributed by atoms with Crippen molar-refractivity contribution in [2.75, 3.05) is 6.54 Å². The van der Waals surface area contributed by atoms with Gasteiger partial charge in [0.1, 0.15) is 22.9 Å². The maximum Gasteiger partial charge on any atom is 0.320 e. The summed E-state index contributed by atoms with van der Waals surface area (Å²) in [6.45, 7) is 7.46. The van der Waals surface area contributed by atoms with Gasteiger partial charge < -0.3 is 9.84 Å². The number of benzene rings is 2. The molecule has 176 valence electrons. The second kappa shape index (κ2) is 10.4. The van der Waals surface area contributed by atoms with Crippen molar-refractivity contribution in [3.05, 3.63) is 59.3 Å². The molecule has 0 radical (unpaired) electrons. The van der Waals surface area contributed by atoms with E-state index in [1.54, 1.807) is 11.3 Å². The molecule has 0 unspecified atom stereocenters. The quantitative estimate of drug-likeness (QED) is 0.447. The van der Waals surface area contributed by atoms with Gasteiger partial charge in [-0.15, -0.1) is 11.3 Å². The third-order valence-electron chi connectivity index (χ3n) is 6.13. The Morgan fingerprint density at radius 1 is 1.35 bits per heavy atom. The van der Waals surface area contributed by atoms with Gasteiger partial charge in [-0.05, 0) is 74.5 Å². The van der Waals surface area contributed by atoms with Crippen LogP contribution in [0.3, 0.4) is 0 Å². The fraction of sp³-hybridized carbons (Fsp3) is 0.370. The van der Waals surface area contributed by atoms with Crippen LogP contribution in [0.5, 0.6) is 5.75 Å². The summed E-state index contributed by atoms with van der Waals surface area (Å²) in [5.41, 5.74) is 4.92. The Morgan fingerprint density at radius 2 is 2.18 bits per heavy atom. The van der Waals surface area contributed by atoms with E-state index in [2.05, 4.69) is 35.0 Å². The minimum absolute atomic E-state index is 0.00417. The maximum absolute atomic E-state index is 11.6. The summed E-state index contributed by atoms with van der Waals surface area (Å²) in [6.07, 6.45) is 4.36. The van der Waals surface area contributed by atoms with Crippen LogP contribution in [0, 0.1) is 11.3 Å². The summed E-state index contributed by atoms with van der Waals surface area (Å²) in [5, 5.41) is 20.0. The van der Waals surface area contributed by atoms with Crippen LogP contribution in [-0.2, 0) is 17.8 Å². The summed E-state index contributed by atoms with van der Waals surface area (Å²) in [6, 6.07) is 13.7. The Labute approximate surface area is 204 Å². The minimum Gasteiger partial charge on any atom is -0.490 e. The van der Waals surface area contributed by atoms with E-state index in [-0.39, 0.29) is 6.10 Å². The number of carbonyl (C=O) groups is 1. The summed E-state index contributed by atoms with van der Waals surface area (Å²) in [5.74, 6) is -0.152.